The number of aliphatic hydroxyl groups excluding tert-OH is 2. The molecular formula is C12H15N3O5. The van der Waals surface area contributed by atoms with Crippen LogP contribution in [-0.4, -0.2) is 44.9 Å². The molecule has 108 valence electrons. The number of rotatable bonds is 4. The normalized spacial score (nSPS) is 29.9. The van der Waals surface area contributed by atoms with E-state index in [1.807, 2.05) is 0 Å². The fraction of sp³-hybridized carbons (Fsp3) is 0.417. The van der Waals surface area contributed by atoms with Crippen LogP contribution in [0.4, 0.5) is 5.82 Å². The van der Waals surface area contributed by atoms with E-state index in [2.05, 4.69) is 4.98 Å². The van der Waals surface area contributed by atoms with E-state index >= 15 is 0 Å². The zero-order valence-electron chi connectivity index (χ0n) is 10.5. The van der Waals surface area contributed by atoms with Gasteiger partial charge in [0.25, 0.3) is 0 Å². The van der Waals surface area contributed by atoms with Crippen LogP contribution < -0.4 is 11.4 Å². The number of allylic oxidation sites excluding steroid dienone is 1. The highest BCUT2D eigenvalue weighted by atomic mass is 16.6. The highest BCUT2D eigenvalue weighted by molar-refractivity contribution is 5.64. The summed E-state index contributed by atoms with van der Waals surface area (Å²) in [4.78, 5) is 26.0. The minimum absolute atomic E-state index is 0.00801. The average molecular weight is 281 g/mol. The van der Waals surface area contributed by atoms with Crippen molar-refractivity contribution in [1.82, 2.24) is 9.55 Å². The molecule has 20 heavy (non-hydrogen) atoms. The summed E-state index contributed by atoms with van der Waals surface area (Å²) >= 11 is 0. The quantitative estimate of drug-likeness (QED) is 0.447. The molecule has 0 radical (unpaired) electrons. The number of ether oxygens (including phenoxy) is 1. The van der Waals surface area contributed by atoms with Crippen LogP contribution in [0.5, 0.6) is 0 Å². The Morgan fingerprint density at radius 3 is 2.95 bits per heavy atom. The topological polar surface area (TPSA) is 128 Å². The van der Waals surface area contributed by atoms with Crippen molar-refractivity contribution >= 4 is 12.1 Å². The molecule has 0 unspecified atom stereocenters. The van der Waals surface area contributed by atoms with Crippen LogP contribution in [0.15, 0.2) is 29.2 Å². The second-order valence-electron chi connectivity index (χ2n) is 4.46. The van der Waals surface area contributed by atoms with Crippen LogP contribution in [0.3, 0.4) is 0 Å². The number of carbonyl (C=O) groups is 1. The van der Waals surface area contributed by atoms with Gasteiger partial charge in [0, 0.05) is 12.6 Å². The van der Waals surface area contributed by atoms with Crippen molar-refractivity contribution in [2.45, 2.75) is 24.4 Å². The van der Waals surface area contributed by atoms with Crippen molar-refractivity contribution < 1.29 is 19.7 Å². The van der Waals surface area contributed by atoms with E-state index in [1.165, 1.54) is 18.3 Å². The number of aliphatic hydroxyl groups is 2. The molecule has 2 heterocycles. The van der Waals surface area contributed by atoms with Crippen LogP contribution >= 0.6 is 0 Å². The standard InChI is InChI=1S/C12H15N3O5/c13-10-2-4-15(11(19)14-10)12(3-1-5-16)6-8(18)9(7-17)20-12/h1-5,8-9,17-18H,6-7H2,(H2,13,14,19)/t8-,9+,12+/m0/s1. The van der Waals surface area contributed by atoms with Crippen molar-refractivity contribution in [2.75, 3.05) is 12.3 Å². The summed E-state index contributed by atoms with van der Waals surface area (Å²) in [7, 11) is 0. The molecule has 0 aromatic carbocycles. The Morgan fingerprint density at radius 1 is 1.65 bits per heavy atom. The summed E-state index contributed by atoms with van der Waals surface area (Å²) in [5, 5.41) is 19.0. The molecular weight excluding hydrogens is 266 g/mol. The fourth-order valence-corrected chi connectivity index (χ4v) is 2.22. The number of nitrogens with zero attached hydrogens (tertiary/aromatic N) is 2. The van der Waals surface area contributed by atoms with Crippen molar-refractivity contribution in [2.24, 2.45) is 0 Å². The lowest BCUT2D eigenvalue weighted by Crippen LogP contribution is -2.41. The second kappa shape index (κ2) is 5.53. The minimum atomic E-state index is -1.37. The molecule has 8 nitrogen and oxygen atoms in total. The maximum atomic E-state index is 11.9. The third kappa shape index (κ3) is 2.48. The molecule has 0 saturated carbocycles. The summed E-state index contributed by atoms with van der Waals surface area (Å²) in [6.07, 6.45) is 2.59. The first kappa shape index (κ1) is 14.4. The van der Waals surface area contributed by atoms with Crippen LogP contribution in [0, 0.1) is 0 Å². The van der Waals surface area contributed by atoms with E-state index in [9.17, 15) is 14.7 Å². The first-order valence-corrected chi connectivity index (χ1v) is 5.98. The highest BCUT2D eigenvalue weighted by Crippen LogP contribution is 2.35. The van der Waals surface area contributed by atoms with Gasteiger partial charge < -0.3 is 20.7 Å². The SMILES string of the molecule is Nc1ccn([C@@]2(C=CC=O)C[C@H](O)[C@@H](CO)O2)c(=O)n1. The third-order valence-corrected chi connectivity index (χ3v) is 3.13. The van der Waals surface area contributed by atoms with Gasteiger partial charge in [0.05, 0.1) is 12.7 Å². The third-order valence-electron chi connectivity index (χ3n) is 3.13. The fourth-order valence-electron chi connectivity index (χ4n) is 2.22. The molecule has 8 heteroatoms. The summed E-state index contributed by atoms with van der Waals surface area (Å²) < 4.78 is 6.68. The summed E-state index contributed by atoms with van der Waals surface area (Å²) in [6, 6.07) is 1.40. The Hall–Kier alpha value is -2.03. The maximum Gasteiger partial charge on any atom is 0.352 e. The molecule has 3 atom stereocenters. The van der Waals surface area contributed by atoms with Crippen molar-refractivity contribution in [3.05, 3.63) is 34.9 Å². The van der Waals surface area contributed by atoms with Gasteiger partial charge in [-0.25, -0.2) is 4.79 Å². The molecule has 2 rings (SSSR count). The van der Waals surface area contributed by atoms with Crippen LogP contribution in [0.2, 0.25) is 0 Å². The molecule has 0 bridgehead atoms. The maximum absolute atomic E-state index is 11.9. The van der Waals surface area contributed by atoms with Gasteiger partial charge in [-0.2, -0.15) is 4.98 Å². The minimum Gasteiger partial charge on any atom is -0.394 e. The predicted molar refractivity (Wildman–Crippen MR) is 68.7 cm³/mol. The van der Waals surface area contributed by atoms with E-state index in [4.69, 9.17) is 15.6 Å². The number of anilines is 1. The Morgan fingerprint density at radius 2 is 2.40 bits per heavy atom. The van der Waals surface area contributed by atoms with Gasteiger partial charge in [-0.3, -0.25) is 9.36 Å². The first-order chi connectivity index (χ1) is 9.52. The van der Waals surface area contributed by atoms with E-state index < -0.39 is 30.2 Å². The van der Waals surface area contributed by atoms with Gasteiger partial charge in [0.2, 0.25) is 0 Å². The lowest BCUT2D eigenvalue weighted by molar-refractivity contribution is -0.105. The van der Waals surface area contributed by atoms with E-state index in [-0.39, 0.29) is 12.2 Å². The molecule has 0 amide bonds. The number of aldehydes is 1. The highest BCUT2D eigenvalue weighted by Gasteiger charge is 2.46. The monoisotopic (exact) mass is 281 g/mol. The summed E-state index contributed by atoms with van der Waals surface area (Å²) in [5.74, 6) is 0.0537. The Balaban J connectivity index is 2.51. The number of hydrogen-bond donors (Lipinski definition) is 3. The molecule has 1 aromatic rings. The van der Waals surface area contributed by atoms with E-state index in [1.54, 1.807) is 0 Å². The number of carbonyl (C=O) groups excluding carboxylic acids is 1. The lowest BCUT2D eigenvalue weighted by Gasteiger charge is -2.27. The van der Waals surface area contributed by atoms with Gasteiger partial charge in [-0.1, -0.05) is 0 Å². The smallest absolute Gasteiger partial charge is 0.352 e. The molecule has 4 N–H and O–H groups in total. The molecule has 1 fully saturated rings. The molecule has 1 aromatic heterocycles. The lowest BCUT2D eigenvalue weighted by atomic mass is 10.1. The molecule has 0 spiro atoms. The number of nitrogen functional groups attached to an aromatic ring is 1. The Bertz CT molecular complexity index is 585. The van der Waals surface area contributed by atoms with Gasteiger partial charge in [-0.05, 0) is 18.2 Å². The van der Waals surface area contributed by atoms with Crippen molar-refractivity contribution in [3.63, 3.8) is 0 Å². The van der Waals surface area contributed by atoms with Crippen LogP contribution in [-0.2, 0) is 15.3 Å². The number of hydrogen-bond acceptors (Lipinski definition) is 7. The van der Waals surface area contributed by atoms with Crippen molar-refractivity contribution in [3.8, 4) is 0 Å². The van der Waals surface area contributed by atoms with E-state index in [0.29, 0.717) is 6.29 Å². The molecule has 1 aliphatic rings. The van der Waals surface area contributed by atoms with Gasteiger partial charge in [-0.15, -0.1) is 0 Å². The van der Waals surface area contributed by atoms with Gasteiger partial charge >= 0.3 is 5.69 Å². The zero-order valence-corrected chi connectivity index (χ0v) is 10.5. The van der Waals surface area contributed by atoms with Gasteiger partial charge in [0.15, 0.2) is 5.72 Å². The molecule has 1 saturated heterocycles. The van der Waals surface area contributed by atoms with Gasteiger partial charge in [0.1, 0.15) is 18.2 Å². The molecule has 0 aliphatic carbocycles. The van der Waals surface area contributed by atoms with E-state index in [0.717, 1.165) is 10.6 Å². The van der Waals surface area contributed by atoms with Crippen LogP contribution in [0.25, 0.3) is 0 Å². The predicted octanol–water partition coefficient (Wildman–Crippen LogP) is -1.62. The second-order valence-corrected chi connectivity index (χ2v) is 4.46. The Labute approximate surface area is 114 Å². The Kier molecular flexibility index (Phi) is 3.98. The summed E-state index contributed by atoms with van der Waals surface area (Å²) in [5.41, 5.74) is 3.38. The molecule has 1 aliphatic heterocycles. The largest absolute Gasteiger partial charge is 0.394 e. The number of aromatic nitrogens is 2. The number of nitrogens with two attached hydrogens (primary N) is 1. The average Bonchev–Trinajstić information content (AvgIpc) is 2.73. The first-order valence-electron chi connectivity index (χ1n) is 5.98. The summed E-state index contributed by atoms with van der Waals surface area (Å²) in [6.45, 7) is -0.408. The van der Waals surface area contributed by atoms with Crippen molar-refractivity contribution in [1.29, 1.82) is 0 Å². The zero-order chi connectivity index (χ0) is 14.8. The van der Waals surface area contributed by atoms with Crippen LogP contribution in [0.1, 0.15) is 6.42 Å².